The van der Waals surface area contributed by atoms with Crippen molar-refractivity contribution < 1.29 is 9.47 Å². The maximum Gasteiger partial charge on any atom is 0.126 e. The molecule has 1 saturated carbocycles. The van der Waals surface area contributed by atoms with Gasteiger partial charge in [-0.2, -0.15) is 0 Å². The molecule has 3 fully saturated rings. The van der Waals surface area contributed by atoms with Crippen molar-refractivity contribution in [1.82, 2.24) is 14.9 Å². The Morgan fingerprint density at radius 1 is 1.08 bits per heavy atom. The van der Waals surface area contributed by atoms with E-state index < -0.39 is 0 Å². The van der Waals surface area contributed by atoms with E-state index >= 15 is 0 Å². The van der Waals surface area contributed by atoms with E-state index in [2.05, 4.69) is 34.4 Å². The number of morpholine rings is 1. The second-order valence-electron chi connectivity index (χ2n) is 11.1. The van der Waals surface area contributed by atoms with Crippen molar-refractivity contribution >= 4 is 23.2 Å². The van der Waals surface area contributed by atoms with E-state index in [1.165, 1.54) is 12.8 Å². The fraction of sp³-hybridized carbons (Fsp3) is 0.643. The Bertz CT molecular complexity index is 1030. The fourth-order valence-corrected chi connectivity index (χ4v) is 6.13. The largest absolute Gasteiger partial charge is 0.381 e. The monoisotopic (exact) mass is 528 g/mol. The SMILES string of the molecule is C[C@@H]1CN([C@H]2CC[C@@H](Nc3cc(-c4cccc(NCC5(N)CCOCC5)n4)c(Cl)cn3)CC2)C[C@H](C)O1. The van der Waals surface area contributed by atoms with E-state index in [1.807, 2.05) is 24.3 Å². The van der Waals surface area contributed by atoms with E-state index in [4.69, 9.17) is 31.8 Å². The van der Waals surface area contributed by atoms with Crippen LogP contribution in [0.2, 0.25) is 5.02 Å². The molecule has 3 aliphatic rings. The molecule has 0 bridgehead atoms. The lowest BCUT2D eigenvalue weighted by Gasteiger charge is -2.43. The molecule has 8 nitrogen and oxygen atoms in total. The molecule has 0 aromatic carbocycles. The third-order valence-electron chi connectivity index (χ3n) is 8.00. The zero-order valence-electron chi connectivity index (χ0n) is 22.1. The molecular weight excluding hydrogens is 488 g/mol. The summed E-state index contributed by atoms with van der Waals surface area (Å²) >= 11 is 6.58. The van der Waals surface area contributed by atoms with Gasteiger partial charge in [0.05, 0.1) is 22.9 Å². The Balaban J connectivity index is 1.19. The minimum absolute atomic E-state index is 0.265. The van der Waals surface area contributed by atoms with E-state index in [-0.39, 0.29) is 5.54 Å². The summed E-state index contributed by atoms with van der Waals surface area (Å²) in [6, 6.07) is 9.03. The number of pyridine rings is 2. The molecule has 37 heavy (non-hydrogen) atoms. The van der Waals surface area contributed by atoms with E-state index in [0.717, 1.165) is 61.7 Å². The standard InChI is InChI=1S/C28H41ClN6O2/c1-19-16-35(17-20(2)37-19)22-8-6-21(7-9-22)33-27-14-23(24(29)15-31-27)25-4-3-5-26(34-25)32-18-28(30)10-12-36-13-11-28/h3-5,14-15,19-22H,6-13,16-18,30H2,1-2H3,(H,31,33)(H,32,34)/t19-,20+,21-,22+. The number of hydrogen-bond donors (Lipinski definition) is 3. The molecular formula is C28H41ClN6O2. The maximum absolute atomic E-state index is 6.58. The molecule has 4 N–H and O–H groups in total. The second-order valence-corrected chi connectivity index (χ2v) is 11.6. The van der Waals surface area contributed by atoms with Gasteiger partial charge >= 0.3 is 0 Å². The first kappa shape index (κ1) is 26.6. The summed E-state index contributed by atoms with van der Waals surface area (Å²) in [5.74, 6) is 1.64. The van der Waals surface area contributed by atoms with Crippen molar-refractivity contribution in [3.8, 4) is 11.3 Å². The fourth-order valence-electron chi connectivity index (χ4n) is 5.93. The van der Waals surface area contributed by atoms with Crippen LogP contribution in [-0.2, 0) is 9.47 Å². The summed E-state index contributed by atoms with van der Waals surface area (Å²) in [4.78, 5) is 12.0. The first-order valence-electron chi connectivity index (χ1n) is 13.8. The topological polar surface area (TPSA) is 97.6 Å². The molecule has 1 aliphatic carbocycles. The van der Waals surface area contributed by atoms with Gasteiger partial charge in [-0.15, -0.1) is 0 Å². The van der Waals surface area contributed by atoms with Gasteiger partial charge in [-0.05, 0) is 70.6 Å². The zero-order valence-corrected chi connectivity index (χ0v) is 22.8. The minimum Gasteiger partial charge on any atom is -0.381 e. The Labute approximate surface area is 225 Å². The highest BCUT2D eigenvalue weighted by atomic mass is 35.5. The highest BCUT2D eigenvalue weighted by Crippen LogP contribution is 2.31. The van der Waals surface area contributed by atoms with Crippen LogP contribution in [0.15, 0.2) is 30.5 Å². The van der Waals surface area contributed by atoms with Crippen LogP contribution < -0.4 is 16.4 Å². The van der Waals surface area contributed by atoms with Crippen LogP contribution in [0.1, 0.15) is 52.4 Å². The van der Waals surface area contributed by atoms with E-state index in [1.54, 1.807) is 6.20 Å². The summed E-state index contributed by atoms with van der Waals surface area (Å²) in [7, 11) is 0. The quantitative estimate of drug-likeness (QED) is 0.481. The van der Waals surface area contributed by atoms with Gasteiger partial charge in [0.25, 0.3) is 0 Å². The van der Waals surface area contributed by atoms with Gasteiger partial charge in [0, 0.05) is 62.2 Å². The van der Waals surface area contributed by atoms with Gasteiger partial charge in [-0.25, -0.2) is 9.97 Å². The van der Waals surface area contributed by atoms with Crippen molar-refractivity contribution in [3.63, 3.8) is 0 Å². The van der Waals surface area contributed by atoms with Crippen LogP contribution in [0, 0.1) is 0 Å². The summed E-state index contributed by atoms with van der Waals surface area (Å²) < 4.78 is 11.4. The first-order chi connectivity index (χ1) is 17.9. The molecule has 4 heterocycles. The summed E-state index contributed by atoms with van der Waals surface area (Å²) in [5, 5.41) is 7.68. The molecule has 2 aliphatic heterocycles. The number of halogens is 1. The number of aromatic nitrogens is 2. The number of rotatable bonds is 7. The molecule has 0 radical (unpaired) electrons. The predicted molar refractivity (Wildman–Crippen MR) is 149 cm³/mol. The van der Waals surface area contributed by atoms with Crippen LogP contribution in [0.5, 0.6) is 0 Å². The lowest BCUT2D eigenvalue weighted by molar-refractivity contribution is -0.0842. The van der Waals surface area contributed by atoms with Gasteiger partial charge in [0.15, 0.2) is 0 Å². The third-order valence-corrected chi connectivity index (χ3v) is 8.30. The smallest absolute Gasteiger partial charge is 0.126 e. The third kappa shape index (κ3) is 6.92. The highest BCUT2D eigenvalue weighted by Gasteiger charge is 2.31. The summed E-state index contributed by atoms with van der Waals surface area (Å²) in [6.07, 6.45) is 8.70. The lowest BCUT2D eigenvalue weighted by Crippen LogP contribution is -2.51. The molecule has 9 heteroatoms. The van der Waals surface area contributed by atoms with Gasteiger partial charge in [-0.1, -0.05) is 17.7 Å². The van der Waals surface area contributed by atoms with Crippen molar-refractivity contribution in [2.45, 2.75) is 82.2 Å². The van der Waals surface area contributed by atoms with E-state index in [9.17, 15) is 0 Å². The number of anilines is 2. The van der Waals surface area contributed by atoms with Gasteiger partial charge in [-0.3, -0.25) is 4.90 Å². The van der Waals surface area contributed by atoms with Crippen molar-refractivity contribution in [2.75, 3.05) is 43.5 Å². The van der Waals surface area contributed by atoms with Crippen LogP contribution >= 0.6 is 11.6 Å². The van der Waals surface area contributed by atoms with Crippen LogP contribution in [0.3, 0.4) is 0 Å². The summed E-state index contributed by atoms with van der Waals surface area (Å²) in [5.41, 5.74) is 7.96. The number of nitrogens with one attached hydrogen (secondary N) is 2. The molecule has 202 valence electrons. The number of hydrogen-bond acceptors (Lipinski definition) is 8. The predicted octanol–water partition coefficient (Wildman–Crippen LogP) is 4.55. The van der Waals surface area contributed by atoms with Gasteiger partial charge in [0.1, 0.15) is 11.6 Å². The molecule has 0 spiro atoms. The van der Waals surface area contributed by atoms with Crippen molar-refractivity contribution in [2.24, 2.45) is 5.73 Å². The average molecular weight is 529 g/mol. The molecule has 0 unspecified atom stereocenters. The normalized spacial score (nSPS) is 28.5. The number of nitrogens with two attached hydrogens (primary N) is 1. The molecule has 2 saturated heterocycles. The zero-order chi connectivity index (χ0) is 25.8. The molecule has 2 atom stereocenters. The molecule has 2 aromatic rings. The molecule has 2 aromatic heterocycles. The Kier molecular flexibility index (Phi) is 8.51. The Morgan fingerprint density at radius 3 is 2.54 bits per heavy atom. The highest BCUT2D eigenvalue weighted by molar-refractivity contribution is 6.33. The Morgan fingerprint density at radius 2 is 1.81 bits per heavy atom. The second kappa shape index (κ2) is 11.8. The summed E-state index contributed by atoms with van der Waals surface area (Å²) in [6.45, 7) is 8.52. The van der Waals surface area contributed by atoms with Crippen molar-refractivity contribution in [3.05, 3.63) is 35.5 Å². The lowest BCUT2D eigenvalue weighted by atomic mass is 9.89. The minimum atomic E-state index is -0.265. The van der Waals surface area contributed by atoms with E-state index in [0.29, 0.717) is 49.1 Å². The Hall–Kier alpha value is -1.97. The van der Waals surface area contributed by atoms with Crippen LogP contribution in [0.25, 0.3) is 11.3 Å². The maximum atomic E-state index is 6.58. The molecule has 5 rings (SSSR count). The molecule has 0 amide bonds. The van der Waals surface area contributed by atoms with Crippen molar-refractivity contribution in [1.29, 1.82) is 0 Å². The number of ether oxygens (including phenoxy) is 2. The van der Waals surface area contributed by atoms with Crippen LogP contribution in [-0.4, -0.2) is 77.5 Å². The number of nitrogens with zero attached hydrogens (tertiary/aromatic N) is 3. The first-order valence-corrected chi connectivity index (χ1v) is 14.1. The van der Waals surface area contributed by atoms with Gasteiger partial charge in [0.2, 0.25) is 0 Å². The van der Waals surface area contributed by atoms with Gasteiger partial charge < -0.3 is 25.8 Å². The average Bonchev–Trinajstić information content (AvgIpc) is 2.89. The van der Waals surface area contributed by atoms with Crippen LogP contribution in [0.4, 0.5) is 11.6 Å².